The third-order valence-corrected chi connectivity index (χ3v) is 4.15. The third-order valence-electron chi connectivity index (χ3n) is 4.15. The van der Waals surface area contributed by atoms with Crippen LogP contribution in [0.4, 0.5) is 5.69 Å². The normalized spacial score (nSPS) is 14.6. The molecule has 0 aromatic carbocycles. The maximum atomic E-state index is 11.5. The molecule has 1 aliphatic heterocycles. The van der Waals surface area contributed by atoms with Gasteiger partial charge in [0.05, 0.1) is 92.2 Å². The van der Waals surface area contributed by atoms with Gasteiger partial charge in [0.25, 0.3) is 0 Å². The van der Waals surface area contributed by atoms with Crippen molar-refractivity contribution in [1.29, 1.82) is 0 Å². The Morgan fingerprint density at radius 3 is 1.58 bits per heavy atom. The van der Waals surface area contributed by atoms with E-state index in [4.69, 9.17) is 0 Å². The number of hydrogen-bond acceptors (Lipinski definition) is 15. The zero-order valence-electron chi connectivity index (χ0n) is 14.3. The molecule has 3 heterocycles. The number of pyridine rings is 2. The highest BCUT2D eigenvalue weighted by molar-refractivity contribution is 6.43. The summed E-state index contributed by atoms with van der Waals surface area (Å²) in [6.07, 6.45) is 0. The molecule has 0 bridgehead atoms. The largest absolute Gasteiger partial charge is 0.549 e. The molecule has 0 aliphatic carbocycles. The van der Waals surface area contributed by atoms with E-state index < -0.39 is 92.2 Å². The van der Waals surface area contributed by atoms with Gasteiger partial charge >= 0.3 is 0 Å². The maximum Gasteiger partial charge on any atom is 0.0977 e. The number of carboxylic acid groups (broad SMARTS) is 6. The fourth-order valence-corrected chi connectivity index (χ4v) is 3.04. The van der Waals surface area contributed by atoms with E-state index in [1.807, 2.05) is 0 Å². The Hall–Kier alpha value is -4.95. The van der Waals surface area contributed by atoms with Gasteiger partial charge in [-0.2, -0.15) is 0 Å². The van der Waals surface area contributed by atoms with E-state index in [-0.39, 0.29) is 0 Å². The van der Waals surface area contributed by atoms with Crippen LogP contribution in [0.3, 0.4) is 0 Å². The van der Waals surface area contributed by atoms with E-state index in [2.05, 4.69) is 15.0 Å². The van der Waals surface area contributed by atoms with Crippen molar-refractivity contribution in [2.45, 2.75) is 5.92 Å². The van der Waals surface area contributed by atoms with Crippen molar-refractivity contribution in [2.75, 3.05) is 0 Å². The lowest BCUT2D eigenvalue weighted by molar-refractivity contribution is -0.308. The summed E-state index contributed by atoms with van der Waals surface area (Å²) in [5.41, 5.74) is -10.7. The number of aliphatic carboxylic acids is 2. The van der Waals surface area contributed by atoms with Crippen LogP contribution in [0.25, 0.3) is 10.9 Å². The topological polar surface area (TPSA) is 279 Å². The Kier molecular flexibility index (Phi) is 4.58. The number of nitrogens with zero attached hydrogens (tertiary/aromatic N) is 3. The zero-order chi connectivity index (χ0) is 23.4. The lowest BCUT2D eigenvalue weighted by Gasteiger charge is -2.30. The van der Waals surface area contributed by atoms with Gasteiger partial charge in [0.1, 0.15) is 0 Å². The molecule has 15 nitrogen and oxygen atoms in total. The Balaban J connectivity index is 2.76. The first-order valence-corrected chi connectivity index (χ1v) is 7.66. The summed E-state index contributed by atoms with van der Waals surface area (Å²) in [5, 5.41) is 67.8. The molecule has 0 spiro atoms. The van der Waals surface area contributed by atoms with E-state index in [1.54, 1.807) is 0 Å². The van der Waals surface area contributed by atoms with Gasteiger partial charge in [-0.1, -0.05) is 0 Å². The molecule has 158 valence electrons. The molecule has 2 aromatic heterocycles. The highest BCUT2D eigenvalue weighted by atomic mass is 16.4. The minimum absolute atomic E-state index is 0.910. The second-order valence-corrected chi connectivity index (χ2v) is 5.81. The molecule has 0 saturated heterocycles. The van der Waals surface area contributed by atoms with E-state index in [9.17, 15) is 59.4 Å². The minimum atomic E-state index is -2.49. The molecule has 0 amide bonds. The molecule has 1 unspecified atom stereocenters. The van der Waals surface area contributed by atoms with Crippen LogP contribution in [0.2, 0.25) is 0 Å². The summed E-state index contributed by atoms with van der Waals surface area (Å²) >= 11 is 0. The van der Waals surface area contributed by atoms with Crippen LogP contribution in [-0.2, 0) is 9.59 Å². The van der Waals surface area contributed by atoms with Gasteiger partial charge in [-0.05, 0) is 0 Å². The number of rotatable bonds is 6. The van der Waals surface area contributed by atoms with Crippen LogP contribution >= 0.6 is 0 Å². The molecule has 1 atom stereocenters. The summed E-state index contributed by atoms with van der Waals surface area (Å²) in [6, 6.07) is 0. The fraction of sp³-hybridized carbons (Fsp3) is 0.0625. The number of carboxylic acids is 6. The average molecular weight is 427 g/mol. The maximum absolute atomic E-state index is 11.5. The number of hydrogen-bond donors (Lipinski definition) is 0. The molecule has 1 aliphatic rings. The Bertz CT molecular complexity index is 1310. The lowest BCUT2D eigenvalue weighted by atomic mass is 9.88. The van der Waals surface area contributed by atoms with Crippen molar-refractivity contribution in [3.8, 4) is 0 Å². The van der Waals surface area contributed by atoms with E-state index in [0.717, 1.165) is 0 Å². The molecule has 3 rings (SSSR count). The van der Waals surface area contributed by atoms with Gasteiger partial charge in [0.15, 0.2) is 0 Å². The highest BCUT2D eigenvalue weighted by Crippen LogP contribution is 2.41. The number of carbonyl (C=O) groups is 6. The van der Waals surface area contributed by atoms with Crippen molar-refractivity contribution in [3.63, 3.8) is 0 Å². The second kappa shape index (κ2) is 6.83. The van der Waals surface area contributed by atoms with Crippen molar-refractivity contribution < 1.29 is 59.4 Å². The summed E-state index contributed by atoms with van der Waals surface area (Å²) in [5.74, 6) is -16.3. The molecular formula is C16HN3O12-6. The van der Waals surface area contributed by atoms with Crippen molar-refractivity contribution in [2.24, 2.45) is 4.99 Å². The molecule has 0 saturated carbocycles. The van der Waals surface area contributed by atoms with Gasteiger partial charge in [0, 0.05) is 0 Å². The average Bonchev–Trinajstić information content (AvgIpc) is 2.65. The van der Waals surface area contributed by atoms with E-state index in [1.165, 1.54) is 0 Å². The lowest BCUT2D eigenvalue weighted by Crippen LogP contribution is -2.45. The Labute approximate surface area is 167 Å². The molecule has 15 heteroatoms. The Morgan fingerprint density at radius 1 is 0.645 bits per heavy atom. The number of aromatic carboxylic acids is 4. The number of aliphatic imine (C=N–C) groups is 1. The first kappa shape index (κ1) is 20.8. The van der Waals surface area contributed by atoms with Gasteiger partial charge in [-0.25, -0.2) is 15.0 Å². The number of carbonyl (C=O) groups excluding carboxylic acids is 6. The number of aromatic nitrogens is 2. The van der Waals surface area contributed by atoms with E-state index >= 15 is 0 Å². The van der Waals surface area contributed by atoms with Crippen LogP contribution < -0.4 is 30.6 Å². The van der Waals surface area contributed by atoms with Crippen molar-refractivity contribution in [3.05, 3.63) is 28.2 Å². The van der Waals surface area contributed by atoms with Gasteiger partial charge in [-0.3, -0.25) is 0 Å². The predicted octanol–water partition coefficient (Wildman–Crippen LogP) is -8.25. The third kappa shape index (κ3) is 2.96. The quantitative estimate of drug-likeness (QED) is 0.414. The fourth-order valence-electron chi connectivity index (χ4n) is 3.04. The molecule has 0 N–H and O–H groups in total. The summed E-state index contributed by atoms with van der Waals surface area (Å²) in [6.45, 7) is 0. The van der Waals surface area contributed by atoms with Gasteiger partial charge in [0.2, 0.25) is 0 Å². The highest BCUT2D eigenvalue weighted by Gasteiger charge is 2.35. The van der Waals surface area contributed by atoms with Crippen LogP contribution in [0, 0.1) is 0 Å². The second-order valence-electron chi connectivity index (χ2n) is 5.81. The Morgan fingerprint density at radius 2 is 1.16 bits per heavy atom. The summed E-state index contributed by atoms with van der Waals surface area (Å²) < 4.78 is 0. The summed E-state index contributed by atoms with van der Waals surface area (Å²) in [4.78, 5) is 78.5. The molecule has 0 fully saturated rings. The van der Waals surface area contributed by atoms with Gasteiger partial charge < -0.3 is 59.4 Å². The molecule has 2 aromatic rings. The molecule has 0 radical (unpaired) electrons. The van der Waals surface area contributed by atoms with Crippen molar-refractivity contribution in [1.82, 2.24) is 9.97 Å². The van der Waals surface area contributed by atoms with Crippen LogP contribution in [0.1, 0.15) is 53.3 Å². The predicted molar refractivity (Wildman–Crippen MR) is 76.7 cm³/mol. The zero-order valence-corrected chi connectivity index (χ0v) is 14.3. The van der Waals surface area contributed by atoms with Crippen LogP contribution in [-0.4, -0.2) is 51.5 Å². The standard InChI is InChI=1S/C16H7N3O12/c20-11(21)2-5-1-6(18-8(2)14(26)27)3(12(22)23)10(16(30)31)19-7(1)4(13(24)25)9(17-5)15(28)29/h2H,(H,20,21)(H,22,23)(H,24,25)(H,26,27)(H,28,29)(H,30,31)/p-6. The SMILES string of the molecule is O=C([O-])C1=Nc2c(C(=O)[O-])c(C(=O)[O-])nc3c(C(=O)[O-])c(C(=O)[O-])nc(c23)C1C(=O)[O-]. The smallest absolute Gasteiger partial charge is 0.0977 e. The molecular weight excluding hydrogens is 426 g/mol. The first-order chi connectivity index (χ1) is 14.4. The molecule has 31 heavy (non-hydrogen) atoms. The van der Waals surface area contributed by atoms with Crippen LogP contribution in [0.15, 0.2) is 4.99 Å². The monoisotopic (exact) mass is 427 g/mol. The summed E-state index contributed by atoms with van der Waals surface area (Å²) in [7, 11) is 0. The van der Waals surface area contributed by atoms with Crippen LogP contribution in [0.5, 0.6) is 0 Å². The van der Waals surface area contributed by atoms with Crippen molar-refractivity contribution >= 4 is 58.1 Å². The minimum Gasteiger partial charge on any atom is -0.549 e. The first-order valence-electron chi connectivity index (χ1n) is 7.66. The van der Waals surface area contributed by atoms with Gasteiger partial charge in [-0.15, -0.1) is 0 Å². The van der Waals surface area contributed by atoms with E-state index in [0.29, 0.717) is 0 Å².